The zero-order valence-electron chi connectivity index (χ0n) is 18.5. The molecule has 2 amide bonds. The predicted octanol–water partition coefficient (Wildman–Crippen LogP) is 3.58. The number of nitrogens with one attached hydrogen (secondary N) is 2. The summed E-state index contributed by atoms with van der Waals surface area (Å²) in [5, 5.41) is 22.5. The number of amides is 2. The molecule has 0 aromatic heterocycles. The Bertz CT molecular complexity index is 1140. The second-order valence-corrected chi connectivity index (χ2v) is 7.12. The lowest BCUT2D eigenvalue weighted by Crippen LogP contribution is -2.28. The first kappa shape index (κ1) is 24.7. The zero-order chi connectivity index (χ0) is 24.3. The maximum atomic E-state index is 13.0. The maximum Gasteiger partial charge on any atom is 0.412 e. The van der Waals surface area contributed by atoms with E-state index in [1.165, 1.54) is 18.7 Å². The standard InChI is InChI=1S/C25H26N2O7/c1-32-22(13-14-23(29)27-31)24(19-10-4-5-12-21(19)33-16-15-28)34-25(30)26-20-11-6-8-17-7-2-3-9-18(17)20/h2-14,22,24,28,31H,15-16H2,1H3,(H,26,30)(H,27,29)/b14-13+/t22-,24-/m0/s1. The topological polar surface area (TPSA) is 126 Å². The molecule has 0 unspecified atom stereocenters. The fourth-order valence-corrected chi connectivity index (χ4v) is 3.42. The lowest BCUT2D eigenvalue weighted by Gasteiger charge is -2.26. The Morgan fingerprint density at radius 2 is 1.76 bits per heavy atom. The number of para-hydroxylation sites is 1. The summed E-state index contributed by atoms with van der Waals surface area (Å²) in [7, 11) is 1.39. The highest BCUT2D eigenvalue weighted by atomic mass is 16.6. The third-order valence-corrected chi connectivity index (χ3v) is 4.95. The van der Waals surface area contributed by atoms with Crippen LogP contribution in [0.4, 0.5) is 10.5 Å². The van der Waals surface area contributed by atoms with E-state index in [1.807, 2.05) is 36.4 Å². The minimum Gasteiger partial charge on any atom is -0.491 e. The van der Waals surface area contributed by atoms with Gasteiger partial charge >= 0.3 is 6.09 Å². The molecule has 9 heteroatoms. The Hall–Kier alpha value is -3.92. The smallest absolute Gasteiger partial charge is 0.412 e. The van der Waals surface area contributed by atoms with E-state index in [4.69, 9.17) is 24.5 Å². The summed E-state index contributed by atoms with van der Waals surface area (Å²) in [6, 6.07) is 19.9. The molecule has 0 aliphatic rings. The highest BCUT2D eigenvalue weighted by Crippen LogP contribution is 2.33. The third kappa shape index (κ3) is 6.32. The van der Waals surface area contributed by atoms with Gasteiger partial charge in [0.15, 0.2) is 6.10 Å². The molecule has 0 aliphatic carbocycles. The van der Waals surface area contributed by atoms with Crippen molar-refractivity contribution in [1.29, 1.82) is 0 Å². The fourth-order valence-electron chi connectivity index (χ4n) is 3.42. The average Bonchev–Trinajstić information content (AvgIpc) is 2.87. The van der Waals surface area contributed by atoms with Crippen LogP contribution in [0.25, 0.3) is 10.8 Å². The molecule has 0 fully saturated rings. The van der Waals surface area contributed by atoms with Gasteiger partial charge in [-0.25, -0.2) is 10.3 Å². The first-order valence-corrected chi connectivity index (χ1v) is 10.5. The summed E-state index contributed by atoms with van der Waals surface area (Å²) < 4.78 is 16.9. The van der Waals surface area contributed by atoms with E-state index >= 15 is 0 Å². The number of anilines is 1. The van der Waals surface area contributed by atoms with Crippen LogP contribution < -0.4 is 15.5 Å². The minimum atomic E-state index is -1.03. The van der Waals surface area contributed by atoms with Crippen molar-refractivity contribution < 1.29 is 34.1 Å². The summed E-state index contributed by atoms with van der Waals surface area (Å²) >= 11 is 0. The molecule has 9 nitrogen and oxygen atoms in total. The molecule has 0 aliphatic heterocycles. The number of carbonyl (C=O) groups is 2. The van der Waals surface area contributed by atoms with E-state index in [1.54, 1.807) is 30.3 Å². The van der Waals surface area contributed by atoms with Gasteiger partial charge in [-0.15, -0.1) is 0 Å². The van der Waals surface area contributed by atoms with Crippen molar-refractivity contribution in [3.05, 3.63) is 84.4 Å². The molecule has 0 saturated carbocycles. The molecule has 0 radical (unpaired) electrons. The number of hydrogen-bond acceptors (Lipinski definition) is 7. The Balaban J connectivity index is 1.92. The van der Waals surface area contributed by atoms with Gasteiger partial charge in [0.2, 0.25) is 0 Å². The molecule has 4 N–H and O–H groups in total. The van der Waals surface area contributed by atoms with Crippen LogP contribution in [0.5, 0.6) is 5.75 Å². The van der Waals surface area contributed by atoms with Crippen molar-refractivity contribution >= 4 is 28.5 Å². The van der Waals surface area contributed by atoms with E-state index in [9.17, 15) is 9.59 Å². The fraction of sp³-hybridized carbons (Fsp3) is 0.200. The third-order valence-electron chi connectivity index (χ3n) is 4.95. The van der Waals surface area contributed by atoms with Crippen molar-refractivity contribution in [2.45, 2.75) is 12.2 Å². The van der Waals surface area contributed by atoms with E-state index in [2.05, 4.69) is 5.32 Å². The van der Waals surface area contributed by atoms with E-state index in [-0.39, 0.29) is 13.2 Å². The van der Waals surface area contributed by atoms with Crippen molar-refractivity contribution in [2.75, 3.05) is 25.6 Å². The molecule has 3 aromatic rings. The molecule has 0 heterocycles. The predicted molar refractivity (Wildman–Crippen MR) is 126 cm³/mol. The Morgan fingerprint density at radius 3 is 2.53 bits per heavy atom. The number of rotatable bonds is 10. The van der Waals surface area contributed by atoms with Gasteiger partial charge in [-0.2, -0.15) is 0 Å². The molecular weight excluding hydrogens is 440 g/mol. The largest absolute Gasteiger partial charge is 0.491 e. The van der Waals surface area contributed by atoms with Crippen LogP contribution in [-0.4, -0.2) is 48.7 Å². The van der Waals surface area contributed by atoms with Crippen LogP contribution in [-0.2, 0) is 14.3 Å². The summed E-state index contributed by atoms with van der Waals surface area (Å²) in [6.07, 6.45) is -0.276. The number of ether oxygens (including phenoxy) is 3. The van der Waals surface area contributed by atoms with Crippen molar-refractivity contribution in [1.82, 2.24) is 5.48 Å². The first-order chi connectivity index (χ1) is 16.6. The molecule has 3 rings (SSSR count). The van der Waals surface area contributed by atoms with Gasteiger partial charge in [-0.05, 0) is 23.6 Å². The molecular formula is C25H26N2O7. The van der Waals surface area contributed by atoms with Gasteiger partial charge < -0.3 is 19.3 Å². The van der Waals surface area contributed by atoms with E-state index in [0.717, 1.165) is 16.8 Å². The number of hydroxylamine groups is 1. The summed E-state index contributed by atoms with van der Waals surface area (Å²) in [5.41, 5.74) is 2.53. The first-order valence-electron chi connectivity index (χ1n) is 10.5. The highest BCUT2D eigenvalue weighted by molar-refractivity contribution is 6.00. The molecule has 0 saturated heterocycles. The van der Waals surface area contributed by atoms with Crippen LogP contribution in [0.2, 0.25) is 0 Å². The van der Waals surface area contributed by atoms with Gasteiger partial charge in [0, 0.05) is 24.1 Å². The number of aliphatic hydroxyl groups is 1. The second kappa shape index (κ2) is 12.4. The Morgan fingerprint density at radius 1 is 1.03 bits per heavy atom. The van der Waals surface area contributed by atoms with Crippen LogP contribution in [0.1, 0.15) is 11.7 Å². The maximum absolute atomic E-state index is 13.0. The average molecular weight is 466 g/mol. The van der Waals surface area contributed by atoms with Crippen LogP contribution in [0.3, 0.4) is 0 Å². The van der Waals surface area contributed by atoms with Crippen molar-refractivity contribution in [3.8, 4) is 5.75 Å². The molecule has 0 spiro atoms. The van der Waals surface area contributed by atoms with Crippen LogP contribution in [0, 0.1) is 0 Å². The van der Waals surface area contributed by atoms with Crippen LogP contribution in [0.15, 0.2) is 78.9 Å². The quantitative estimate of drug-likeness (QED) is 0.204. The molecule has 3 aromatic carbocycles. The summed E-state index contributed by atoms with van der Waals surface area (Å²) in [4.78, 5) is 24.5. The van der Waals surface area contributed by atoms with Gasteiger partial charge in [0.1, 0.15) is 18.5 Å². The number of fused-ring (bicyclic) bond motifs is 1. The van der Waals surface area contributed by atoms with Crippen molar-refractivity contribution in [2.24, 2.45) is 0 Å². The number of carbonyl (C=O) groups excluding carboxylic acids is 2. The van der Waals surface area contributed by atoms with Gasteiger partial charge in [-0.1, -0.05) is 54.6 Å². The lowest BCUT2D eigenvalue weighted by molar-refractivity contribution is -0.124. The lowest BCUT2D eigenvalue weighted by atomic mass is 10.0. The van der Waals surface area contributed by atoms with Crippen molar-refractivity contribution in [3.63, 3.8) is 0 Å². The highest BCUT2D eigenvalue weighted by Gasteiger charge is 2.29. The number of aliphatic hydroxyl groups excluding tert-OH is 1. The molecule has 0 bridgehead atoms. The van der Waals surface area contributed by atoms with E-state index < -0.39 is 24.2 Å². The monoisotopic (exact) mass is 466 g/mol. The van der Waals surface area contributed by atoms with Gasteiger partial charge in [0.05, 0.1) is 12.3 Å². The normalized spacial score (nSPS) is 12.8. The minimum absolute atomic E-state index is 0.0341. The Labute approximate surface area is 196 Å². The van der Waals surface area contributed by atoms with Gasteiger partial charge in [0.25, 0.3) is 5.91 Å². The Kier molecular flexibility index (Phi) is 8.98. The molecule has 2 atom stereocenters. The number of methoxy groups -OCH3 is 1. The number of benzene rings is 3. The molecule has 34 heavy (non-hydrogen) atoms. The number of hydrogen-bond donors (Lipinski definition) is 4. The van der Waals surface area contributed by atoms with Gasteiger partial charge in [-0.3, -0.25) is 15.3 Å². The SMILES string of the molecule is CO[C@@H](/C=C/C(=O)NO)[C@@H](OC(=O)Nc1cccc2ccccc12)c1ccccc1OCCO. The van der Waals surface area contributed by atoms with Crippen LogP contribution >= 0.6 is 0 Å². The second-order valence-electron chi connectivity index (χ2n) is 7.12. The summed E-state index contributed by atoms with van der Waals surface area (Å²) in [5.74, 6) is -0.396. The summed E-state index contributed by atoms with van der Waals surface area (Å²) in [6.45, 7) is -0.169. The van der Waals surface area contributed by atoms with E-state index in [0.29, 0.717) is 17.0 Å². The zero-order valence-corrected chi connectivity index (χ0v) is 18.5. The molecule has 178 valence electrons.